The van der Waals surface area contributed by atoms with Gasteiger partial charge in [0.25, 0.3) is 0 Å². The minimum Gasteiger partial charge on any atom is -0.487 e. The van der Waals surface area contributed by atoms with Crippen LogP contribution in [0, 0.1) is 0 Å². The highest BCUT2D eigenvalue weighted by Crippen LogP contribution is 2.30. The summed E-state index contributed by atoms with van der Waals surface area (Å²) in [5.41, 5.74) is 2.67. The van der Waals surface area contributed by atoms with Crippen molar-refractivity contribution in [2.75, 3.05) is 23.3 Å². The van der Waals surface area contributed by atoms with E-state index in [0.717, 1.165) is 30.2 Å². The second-order valence-corrected chi connectivity index (χ2v) is 6.18. The van der Waals surface area contributed by atoms with Crippen molar-refractivity contribution < 1.29 is 9.53 Å². The second kappa shape index (κ2) is 6.95. The smallest absolute Gasteiger partial charge is 0.185 e. The lowest BCUT2D eigenvalue weighted by atomic mass is 10.0. The van der Waals surface area contributed by atoms with Gasteiger partial charge in [-0.25, -0.2) is 0 Å². The van der Waals surface area contributed by atoms with Crippen molar-refractivity contribution in [3.8, 4) is 5.75 Å². The molecular formula is C20H24N2O2. The molecule has 1 aliphatic rings. The van der Waals surface area contributed by atoms with E-state index in [1.165, 1.54) is 0 Å². The Bertz CT molecular complexity index is 715. The lowest BCUT2D eigenvalue weighted by molar-refractivity contribution is 0.0964. The molecule has 3 rings (SSSR count). The third kappa shape index (κ3) is 3.23. The average molecular weight is 324 g/mol. The fourth-order valence-electron chi connectivity index (χ4n) is 3.12. The molecule has 0 radical (unpaired) electrons. The summed E-state index contributed by atoms with van der Waals surface area (Å²) in [7, 11) is 0. The van der Waals surface area contributed by atoms with Crippen LogP contribution in [0.3, 0.4) is 0 Å². The maximum Gasteiger partial charge on any atom is 0.185 e. The number of anilines is 2. The van der Waals surface area contributed by atoms with Gasteiger partial charge in [0.05, 0.1) is 18.3 Å². The quantitative estimate of drug-likeness (QED) is 0.845. The predicted octanol–water partition coefficient (Wildman–Crippen LogP) is 3.98. The molecule has 0 saturated carbocycles. The zero-order valence-corrected chi connectivity index (χ0v) is 14.5. The number of likely N-dealkylation sites (N-methyl/N-ethyl adjacent to an activating group) is 1. The summed E-state index contributed by atoms with van der Waals surface area (Å²) in [6, 6.07) is 15.5. The van der Waals surface area contributed by atoms with E-state index in [9.17, 15) is 4.79 Å². The molecule has 1 aliphatic heterocycles. The van der Waals surface area contributed by atoms with Crippen LogP contribution in [0.5, 0.6) is 5.75 Å². The molecule has 2 atom stereocenters. The van der Waals surface area contributed by atoms with Gasteiger partial charge in [-0.3, -0.25) is 4.79 Å². The highest BCUT2D eigenvalue weighted by atomic mass is 16.5. The molecule has 0 spiro atoms. The first-order chi connectivity index (χ1) is 11.6. The van der Waals surface area contributed by atoms with Crippen LogP contribution in [0.25, 0.3) is 0 Å². The topological polar surface area (TPSA) is 41.6 Å². The highest BCUT2D eigenvalue weighted by Gasteiger charge is 2.24. The molecule has 0 aromatic heterocycles. The van der Waals surface area contributed by atoms with Crippen LogP contribution in [-0.2, 0) is 0 Å². The molecule has 2 aromatic carbocycles. The number of nitrogens with zero attached hydrogens (tertiary/aromatic N) is 1. The number of ether oxygens (including phenoxy) is 1. The number of fused-ring (bicyclic) bond motifs is 1. The van der Waals surface area contributed by atoms with Gasteiger partial charge in [0, 0.05) is 17.8 Å². The van der Waals surface area contributed by atoms with Gasteiger partial charge in [-0.1, -0.05) is 18.2 Å². The van der Waals surface area contributed by atoms with Crippen molar-refractivity contribution in [1.29, 1.82) is 0 Å². The molecule has 0 saturated heterocycles. The molecule has 4 nitrogen and oxygen atoms in total. The van der Waals surface area contributed by atoms with Crippen LogP contribution in [0.4, 0.5) is 11.4 Å². The van der Waals surface area contributed by atoms with Crippen LogP contribution in [-0.4, -0.2) is 31.0 Å². The minimum absolute atomic E-state index is 0.115. The van der Waals surface area contributed by atoms with Crippen molar-refractivity contribution in [3.05, 3.63) is 54.1 Å². The largest absolute Gasteiger partial charge is 0.487 e. The Balaban J connectivity index is 1.83. The molecular weight excluding hydrogens is 300 g/mol. The summed E-state index contributed by atoms with van der Waals surface area (Å²) in [4.78, 5) is 15.1. The first-order valence-corrected chi connectivity index (χ1v) is 8.50. The lowest BCUT2D eigenvalue weighted by Gasteiger charge is -2.30. The Kier molecular flexibility index (Phi) is 4.74. The molecule has 4 heteroatoms. The highest BCUT2D eigenvalue weighted by molar-refractivity contribution is 6.02. The fourth-order valence-corrected chi connectivity index (χ4v) is 3.12. The summed E-state index contributed by atoms with van der Waals surface area (Å²) < 4.78 is 5.78. The van der Waals surface area contributed by atoms with Crippen molar-refractivity contribution >= 4 is 17.2 Å². The van der Waals surface area contributed by atoms with Gasteiger partial charge in [0.1, 0.15) is 11.9 Å². The Morgan fingerprint density at radius 3 is 2.75 bits per heavy atom. The van der Waals surface area contributed by atoms with Crippen LogP contribution >= 0.6 is 0 Å². The van der Waals surface area contributed by atoms with E-state index in [0.29, 0.717) is 5.56 Å². The molecule has 0 fully saturated rings. The average Bonchev–Trinajstić information content (AvgIpc) is 2.62. The van der Waals surface area contributed by atoms with Gasteiger partial charge in [-0.2, -0.15) is 0 Å². The van der Waals surface area contributed by atoms with Gasteiger partial charge in [-0.05, 0) is 51.1 Å². The maximum atomic E-state index is 13.0. The Morgan fingerprint density at radius 2 is 2.04 bits per heavy atom. The summed E-state index contributed by atoms with van der Waals surface area (Å²) in [6.07, 6.45) is 0.145. The number of hydrogen-bond donors (Lipinski definition) is 1. The number of carbonyl (C=O) groups is 1. The van der Waals surface area contributed by atoms with Crippen LogP contribution in [0.2, 0.25) is 0 Å². The molecule has 2 unspecified atom stereocenters. The molecule has 1 heterocycles. The SMILES string of the molecule is CCN(c1ccccc1)C(C)C(=O)c1ccc2c(c1)NCC(C)O2. The molecule has 24 heavy (non-hydrogen) atoms. The first-order valence-electron chi connectivity index (χ1n) is 8.50. The van der Waals surface area contributed by atoms with Crippen molar-refractivity contribution in [1.82, 2.24) is 0 Å². The van der Waals surface area contributed by atoms with E-state index in [1.54, 1.807) is 0 Å². The van der Waals surface area contributed by atoms with Gasteiger partial charge in [-0.15, -0.1) is 0 Å². The molecule has 2 aromatic rings. The summed E-state index contributed by atoms with van der Waals surface area (Å²) >= 11 is 0. The monoisotopic (exact) mass is 324 g/mol. The van der Waals surface area contributed by atoms with Crippen molar-refractivity contribution in [2.24, 2.45) is 0 Å². The maximum absolute atomic E-state index is 13.0. The zero-order chi connectivity index (χ0) is 17.1. The second-order valence-electron chi connectivity index (χ2n) is 6.18. The number of ketones is 1. The van der Waals surface area contributed by atoms with E-state index >= 15 is 0 Å². The number of Topliss-reactive ketones (excluding diaryl/α,β-unsaturated/α-hetero) is 1. The number of hydrogen-bond acceptors (Lipinski definition) is 4. The number of nitrogens with one attached hydrogen (secondary N) is 1. The molecule has 0 amide bonds. The first kappa shape index (κ1) is 16.4. The molecule has 0 bridgehead atoms. The number of benzene rings is 2. The predicted molar refractivity (Wildman–Crippen MR) is 98.3 cm³/mol. The van der Waals surface area contributed by atoms with E-state index < -0.39 is 0 Å². The summed E-state index contributed by atoms with van der Waals surface area (Å²) in [6.45, 7) is 7.59. The fraction of sp³-hybridized carbons (Fsp3) is 0.350. The summed E-state index contributed by atoms with van der Waals surface area (Å²) in [5, 5.41) is 3.33. The Morgan fingerprint density at radius 1 is 1.29 bits per heavy atom. The van der Waals surface area contributed by atoms with Crippen molar-refractivity contribution in [2.45, 2.75) is 32.9 Å². The minimum atomic E-state index is -0.223. The summed E-state index contributed by atoms with van der Waals surface area (Å²) in [5.74, 6) is 0.928. The van der Waals surface area contributed by atoms with Gasteiger partial charge in [0.15, 0.2) is 5.78 Å². The Labute approximate surface area is 143 Å². The number of para-hydroxylation sites is 1. The lowest BCUT2D eigenvalue weighted by Crippen LogP contribution is -2.39. The third-order valence-electron chi connectivity index (χ3n) is 4.45. The number of carbonyl (C=O) groups excluding carboxylic acids is 1. The van der Waals surface area contributed by atoms with Crippen LogP contribution in [0.15, 0.2) is 48.5 Å². The third-order valence-corrected chi connectivity index (χ3v) is 4.45. The molecule has 126 valence electrons. The van der Waals surface area contributed by atoms with E-state index in [4.69, 9.17) is 4.74 Å². The standard InChI is InChI=1S/C20H24N2O2/c1-4-22(17-8-6-5-7-9-17)15(3)20(23)16-10-11-19-18(12-16)21-13-14(2)24-19/h5-12,14-15,21H,4,13H2,1-3H3. The van der Waals surface area contributed by atoms with E-state index in [2.05, 4.69) is 17.1 Å². The van der Waals surface area contributed by atoms with E-state index in [-0.39, 0.29) is 17.9 Å². The Hall–Kier alpha value is -2.49. The van der Waals surface area contributed by atoms with Crippen LogP contribution < -0.4 is 15.0 Å². The van der Waals surface area contributed by atoms with Gasteiger partial charge in [0.2, 0.25) is 0 Å². The van der Waals surface area contributed by atoms with Gasteiger partial charge < -0.3 is 15.0 Å². The molecule has 0 aliphatic carbocycles. The number of rotatable bonds is 5. The van der Waals surface area contributed by atoms with Crippen molar-refractivity contribution in [3.63, 3.8) is 0 Å². The molecule has 1 N–H and O–H groups in total. The van der Waals surface area contributed by atoms with Gasteiger partial charge >= 0.3 is 0 Å². The van der Waals surface area contributed by atoms with E-state index in [1.807, 2.05) is 62.4 Å². The van der Waals surface area contributed by atoms with Crippen LogP contribution in [0.1, 0.15) is 31.1 Å². The zero-order valence-electron chi connectivity index (χ0n) is 14.5. The normalized spacial score (nSPS) is 17.2.